The lowest BCUT2D eigenvalue weighted by Crippen LogP contribution is -2.31. The standard InChI is InChI=1S/C13H19N3O2S/c14-13-7-11(5-6-15-13)19(17,18)16-8-12(9-1-2-9)10-3-4-10/h5-7,9-10,12,16H,1-4,8H2,(H2,14,15). The maximum Gasteiger partial charge on any atom is 0.240 e. The van der Waals surface area contributed by atoms with Gasteiger partial charge >= 0.3 is 0 Å². The summed E-state index contributed by atoms with van der Waals surface area (Å²) in [6.45, 7) is 0.555. The maximum absolute atomic E-state index is 12.2. The zero-order valence-electron chi connectivity index (χ0n) is 10.7. The van der Waals surface area contributed by atoms with Crippen molar-refractivity contribution >= 4 is 15.8 Å². The van der Waals surface area contributed by atoms with Crippen molar-refractivity contribution in [3.63, 3.8) is 0 Å². The lowest BCUT2D eigenvalue weighted by molar-refractivity contribution is 0.401. The summed E-state index contributed by atoms with van der Waals surface area (Å²) in [4.78, 5) is 4.01. The summed E-state index contributed by atoms with van der Waals surface area (Å²) in [6, 6.07) is 2.87. The van der Waals surface area contributed by atoms with Gasteiger partial charge in [0.25, 0.3) is 0 Å². The second-order valence-corrected chi connectivity index (χ2v) is 7.37. The molecule has 3 N–H and O–H groups in total. The number of nitrogen functional groups attached to an aromatic ring is 1. The number of anilines is 1. The van der Waals surface area contributed by atoms with Crippen molar-refractivity contribution in [2.75, 3.05) is 12.3 Å². The third-order valence-electron chi connectivity index (χ3n) is 4.03. The molecule has 0 amide bonds. The van der Waals surface area contributed by atoms with Crippen molar-refractivity contribution in [2.24, 2.45) is 17.8 Å². The Balaban J connectivity index is 1.67. The van der Waals surface area contributed by atoms with Crippen LogP contribution in [0.3, 0.4) is 0 Å². The van der Waals surface area contributed by atoms with Gasteiger partial charge in [-0.15, -0.1) is 0 Å². The third kappa shape index (κ3) is 3.06. The van der Waals surface area contributed by atoms with E-state index in [0.717, 1.165) is 11.8 Å². The second kappa shape index (κ2) is 4.76. The molecule has 19 heavy (non-hydrogen) atoms. The van der Waals surface area contributed by atoms with E-state index in [0.29, 0.717) is 12.5 Å². The fourth-order valence-electron chi connectivity index (χ4n) is 2.65. The molecule has 1 aromatic heterocycles. The van der Waals surface area contributed by atoms with Gasteiger partial charge in [-0.1, -0.05) is 0 Å². The monoisotopic (exact) mass is 281 g/mol. The highest BCUT2D eigenvalue weighted by atomic mass is 32.2. The molecule has 2 aliphatic carbocycles. The molecular weight excluding hydrogens is 262 g/mol. The number of sulfonamides is 1. The highest BCUT2D eigenvalue weighted by molar-refractivity contribution is 7.89. The topological polar surface area (TPSA) is 85.1 Å². The number of pyridine rings is 1. The molecular formula is C13H19N3O2S. The van der Waals surface area contributed by atoms with Gasteiger partial charge in [-0.3, -0.25) is 0 Å². The minimum atomic E-state index is -3.46. The van der Waals surface area contributed by atoms with Crippen molar-refractivity contribution in [1.82, 2.24) is 9.71 Å². The Morgan fingerprint density at radius 2 is 1.95 bits per heavy atom. The molecule has 0 saturated heterocycles. The normalized spacial score (nSPS) is 19.8. The van der Waals surface area contributed by atoms with Gasteiger partial charge in [-0.25, -0.2) is 18.1 Å². The number of aromatic nitrogens is 1. The molecule has 0 spiro atoms. The quantitative estimate of drug-likeness (QED) is 0.825. The lowest BCUT2D eigenvalue weighted by Gasteiger charge is -2.16. The summed E-state index contributed by atoms with van der Waals surface area (Å²) in [6.07, 6.45) is 6.44. The zero-order valence-corrected chi connectivity index (χ0v) is 11.6. The van der Waals surface area contributed by atoms with Crippen LogP contribution in [0.15, 0.2) is 23.2 Å². The Bertz CT molecular complexity index is 553. The molecule has 3 rings (SSSR count). The fraction of sp³-hybridized carbons (Fsp3) is 0.615. The molecule has 6 heteroatoms. The molecule has 2 fully saturated rings. The first-order valence-electron chi connectivity index (χ1n) is 6.77. The van der Waals surface area contributed by atoms with E-state index >= 15 is 0 Å². The predicted octanol–water partition coefficient (Wildman–Crippen LogP) is 1.38. The predicted molar refractivity (Wildman–Crippen MR) is 72.8 cm³/mol. The van der Waals surface area contributed by atoms with Crippen LogP contribution in [0.5, 0.6) is 0 Å². The summed E-state index contributed by atoms with van der Waals surface area (Å²) < 4.78 is 27.1. The Morgan fingerprint density at radius 3 is 2.47 bits per heavy atom. The van der Waals surface area contributed by atoms with Gasteiger partial charge in [0, 0.05) is 18.8 Å². The van der Waals surface area contributed by atoms with E-state index in [1.54, 1.807) is 0 Å². The molecule has 0 bridgehead atoms. The summed E-state index contributed by atoms with van der Waals surface area (Å²) >= 11 is 0. The Kier molecular flexibility index (Phi) is 3.22. The first-order valence-corrected chi connectivity index (χ1v) is 8.26. The number of nitrogens with two attached hydrogens (primary N) is 1. The van der Waals surface area contributed by atoms with Crippen molar-refractivity contribution < 1.29 is 8.42 Å². The molecule has 2 saturated carbocycles. The van der Waals surface area contributed by atoms with Gasteiger partial charge in [-0.05, 0) is 49.5 Å². The Hall–Kier alpha value is -1.14. The molecule has 104 valence electrons. The minimum absolute atomic E-state index is 0.199. The first-order chi connectivity index (χ1) is 9.06. The van der Waals surface area contributed by atoms with E-state index in [9.17, 15) is 8.42 Å². The van der Waals surface area contributed by atoms with E-state index in [-0.39, 0.29) is 10.7 Å². The van der Waals surface area contributed by atoms with Crippen LogP contribution < -0.4 is 10.5 Å². The van der Waals surface area contributed by atoms with Crippen LogP contribution in [0.2, 0.25) is 0 Å². The van der Waals surface area contributed by atoms with Crippen LogP contribution in [-0.2, 0) is 10.0 Å². The number of hydrogen-bond donors (Lipinski definition) is 2. The molecule has 1 heterocycles. The van der Waals surface area contributed by atoms with E-state index < -0.39 is 10.0 Å². The van der Waals surface area contributed by atoms with Crippen LogP contribution >= 0.6 is 0 Å². The van der Waals surface area contributed by atoms with Crippen LogP contribution in [0.4, 0.5) is 5.82 Å². The van der Waals surface area contributed by atoms with E-state index in [1.807, 2.05) is 0 Å². The summed E-state index contributed by atoms with van der Waals surface area (Å²) in [7, 11) is -3.46. The summed E-state index contributed by atoms with van der Waals surface area (Å²) in [5.74, 6) is 2.22. The van der Waals surface area contributed by atoms with Crippen LogP contribution in [0, 0.1) is 17.8 Å². The lowest BCUT2D eigenvalue weighted by atomic mass is 9.99. The van der Waals surface area contributed by atoms with Crippen molar-refractivity contribution in [1.29, 1.82) is 0 Å². The maximum atomic E-state index is 12.2. The second-order valence-electron chi connectivity index (χ2n) is 5.61. The highest BCUT2D eigenvalue weighted by Crippen LogP contribution is 2.48. The van der Waals surface area contributed by atoms with Gasteiger partial charge in [0.05, 0.1) is 4.90 Å². The molecule has 2 aliphatic rings. The summed E-state index contributed by atoms with van der Waals surface area (Å²) in [5.41, 5.74) is 5.52. The fourth-order valence-corrected chi connectivity index (χ4v) is 3.75. The van der Waals surface area contributed by atoms with Crippen molar-refractivity contribution in [3.8, 4) is 0 Å². The number of rotatable bonds is 6. The minimum Gasteiger partial charge on any atom is -0.384 e. The molecule has 0 aliphatic heterocycles. The first kappa shape index (κ1) is 12.9. The average Bonchev–Trinajstić information content (AvgIpc) is 3.23. The van der Waals surface area contributed by atoms with Crippen LogP contribution in [0.25, 0.3) is 0 Å². The van der Waals surface area contributed by atoms with Gasteiger partial charge in [0.1, 0.15) is 5.82 Å². The molecule has 0 radical (unpaired) electrons. The average molecular weight is 281 g/mol. The van der Waals surface area contributed by atoms with Crippen molar-refractivity contribution in [3.05, 3.63) is 18.3 Å². The van der Waals surface area contributed by atoms with E-state index in [1.165, 1.54) is 44.0 Å². The van der Waals surface area contributed by atoms with E-state index in [4.69, 9.17) is 5.73 Å². The SMILES string of the molecule is Nc1cc(S(=O)(=O)NCC(C2CC2)C2CC2)ccn1. The molecule has 0 atom stereocenters. The van der Waals surface area contributed by atoms with Gasteiger partial charge < -0.3 is 5.73 Å². The number of hydrogen-bond acceptors (Lipinski definition) is 4. The summed E-state index contributed by atoms with van der Waals surface area (Å²) in [5, 5.41) is 0. The molecule has 0 unspecified atom stereocenters. The van der Waals surface area contributed by atoms with Gasteiger partial charge in [-0.2, -0.15) is 0 Å². The smallest absolute Gasteiger partial charge is 0.240 e. The van der Waals surface area contributed by atoms with Gasteiger partial charge in [0.15, 0.2) is 0 Å². The number of nitrogens with zero attached hydrogens (tertiary/aromatic N) is 1. The molecule has 0 aromatic carbocycles. The van der Waals surface area contributed by atoms with E-state index in [2.05, 4.69) is 9.71 Å². The highest BCUT2D eigenvalue weighted by Gasteiger charge is 2.41. The largest absolute Gasteiger partial charge is 0.384 e. The Labute approximate surface area is 113 Å². The van der Waals surface area contributed by atoms with Crippen LogP contribution in [0.1, 0.15) is 25.7 Å². The Morgan fingerprint density at radius 1 is 1.32 bits per heavy atom. The zero-order chi connectivity index (χ0) is 13.5. The molecule has 5 nitrogen and oxygen atoms in total. The number of nitrogens with one attached hydrogen (secondary N) is 1. The molecule has 1 aromatic rings. The third-order valence-corrected chi connectivity index (χ3v) is 5.45. The van der Waals surface area contributed by atoms with Crippen molar-refractivity contribution in [2.45, 2.75) is 30.6 Å². The van der Waals surface area contributed by atoms with Crippen LogP contribution in [-0.4, -0.2) is 19.9 Å². The van der Waals surface area contributed by atoms with Gasteiger partial charge in [0.2, 0.25) is 10.0 Å².